The predicted molar refractivity (Wildman–Crippen MR) is 93.5 cm³/mol. The van der Waals surface area contributed by atoms with E-state index in [1.165, 1.54) is 43.5 Å². The van der Waals surface area contributed by atoms with Crippen LogP contribution in [0.5, 0.6) is 5.75 Å². The maximum atomic E-state index is 12.6. The van der Waals surface area contributed by atoms with Gasteiger partial charge in [0.15, 0.2) is 5.60 Å². The number of benzene rings is 1. The number of nitrogens with zero attached hydrogens (tertiary/aromatic N) is 2. The minimum Gasteiger partial charge on any atom is -0.473 e. The van der Waals surface area contributed by atoms with Crippen LogP contribution in [0.1, 0.15) is 5.56 Å². The number of hydrogen-bond donors (Lipinski definition) is 0. The van der Waals surface area contributed by atoms with Crippen LogP contribution in [-0.2, 0) is 19.1 Å². The van der Waals surface area contributed by atoms with Crippen LogP contribution < -0.4 is 4.74 Å². The molecule has 0 fully saturated rings. The number of non-ortho nitro benzene ring substituents is 1. The Morgan fingerprint density at radius 1 is 1.26 bits per heavy atom. The van der Waals surface area contributed by atoms with Crippen LogP contribution in [0.4, 0.5) is 5.69 Å². The van der Waals surface area contributed by atoms with Gasteiger partial charge in [0.2, 0.25) is 0 Å². The van der Waals surface area contributed by atoms with Gasteiger partial charge >= 0.3 is 11.9 Å². The standard InChI is InChI=1S/C18H16N2O7/c1-10-12-9-11(20(23)24)5-6-13(12)27-18(10)7-8-19(2)15(17(22)26-4)14(18)16(21)25-3/h5-9H,1H2,2-4H3. The number of likely N-dealkylation sites (N-methyl/N-ethyl adjacent to an activating group) is 1. The highest BCUT2D eigenvalue weighted by molar-refractivity contribution is 6.07. The molecule has 140 valence electrons. The van der Waals surface area contributed by atoms with Crippen molar-refractivity contribution in [2.45, 2.75) is 5.60 Å². The van der Waals surface area contributed by atoms with E-state index in [0.717, 1.165) is 0 Å². The molecule has 1 unspecified atom stereocenters. The molecule has 2 aliphatic heterocycles. The highest BCUT2D eigenvalue weighted by Crippen LogP contribution is 2.51. The topological polar surface area (TPSA) is 108 Å². The van der Waals surface area contributed by atoms with Crippen LogP contribution >= 0.6 is 0 Å². The van der Waals surface area contributed by atoms with Gasteiger partial charge in [-0.15, -0.1) is 0 Å². The number of nitro groups is 1. The molecule has 27 heavy (non-hydrogen) atoms. The van der Waals surface area contributed by atoms with Gasteiger partial charge in [-0.3, -0.25) is 10.1 Å². The first kappa shape index (κ1) is 18.2. The second-order valence-electron chi connectivity index (χ2n) is 5.89. The molecule has 9 heteroatoms. The molecular formula is C18H16N2O7. The lowest BCUT2D eigenvalue weighted by molar-refractivity contribution is -0.384. The van der Waals surface area contributed by atoms with E-state index in [0.29, 0.717) is 11.3 Å². The first-order valence-corrected chi connectivity index (χ1v) is 7.77. The zero-order valence-corrected chi connectivity index (χ0v) is 14.8. The Labute approximate surface area is 154 Å². The Morgan fingerprint density at radius 3 is 2.52 bits per heavy atom. The molecule has 0 bridgehead atoms. The summed E-state index contributed by atoms with van der Waals surface area (Å²) in [5.41, 5.74) is -1.25. The molecule has 0 saturated heterocycles. The summed E-state index contributed by atoms with van der Waals surface area (Å²) in [6.45, 7) is 3.97. The molecular weight excluding hydrogens is 356 g/mol. The van der Waals surface area contributed by atoms with Gasteiger partial charge in [0, 0.05) is 36.5 Å². The van der Waals surface area contributed by atoms with E-state index in [4.69, 9.17) is 14.2 Å². The van der Waals surface area contributed by atoms with E-state index in [9.17, 15) is 19.7 Å². The lowest BCUT2D eigenvalue weighted by atomic mass is 9.81. The first-order chi connectivity index (χ1) is 12.8. The van der Waals surface area contributed by atoms with Crippen LogP contribution in [0.15, 0.2) is 48.3 Å². The molecule has 2 aliphatic rings. The molecule has 9 nitrogen and oxygen atoms in total. The molecule has 0 radical (unpaired) electrons. The molecule has 1 aromatic rings. The average molecular weight is 372 g/mol. The van der Waals surface area contributed by atoms with Crippen molar-refractivity contribution < 1.29 is 28.7 Å². The third kappa shape index (κ3) is 2.55. The van der Waals surface area contributed by atoms with Crippen molar-refractivity contribution in [1.82, 2.24) is 4.90 Å². The third-order valence-electron chi connectivity index (χ3n) is 4.48. The molecule has 0 amide bonds. The van der Waals surface area contributed by atoms with Crippen molar-refractivity contribution in [3.8, 4) is 5.75 Å². The van der Waals surface area contributed by atoms with Crippen molar-refractivity contribution >= 4 is 23.2 Å². The number of rotatable bonds is 3. The number of ether oxygens (including phenoxy) is 3. The van der Waals surface area contributed by atoms with Gasteiger partial charge in [0.1, 0.15) is 17.0 Å². The molecule has 1 aromatic carbocycles. The van der Waals surface area contributed by atoms with Crippen LogP contribution in [-0.4, -0.2) is 48.6 Å². The molecule has 1 atom stereocenters. The van der Waals surface area contributed by atoms with Gasteiger partial charge in [0.25, 0.3) is 5.69 Å². The molecule has 0 saturated carbocycles. The summed E-state index contributed by atoms with van der Waals surface area (Å²) in [4.78, 5) is 36.9. The fourth-order valence-corrected chi connectivity index (χ4v) is 3.15. The molecule has 0 aromatic heterocycles. The van der Waals surface area contributed by atoms with Crippen LogP contribution in [0.2, 0.25) is 0 Å². The zero-order chi connectivity index (χ0) is 19.9. The molecule has 3 rings (SSSR count). The number of carbonyl (C=O) groups is 2. The smallest absolute Gasteiger partial charge is 0.355 e. The van der Waals surface area contributed by atoms with Gasteiger partial charge in [-0.25, -0.2) is 9.59 Å². The Hall–Kier alpha value is -3.62. The first-order valence-electron chi connectivity index (χ1n) is 7.77. The van der Waals surface area contributed by atoms with E-state index < -0.39 is 22.5 Å². The van der Waals surface area contributed by atoms with Crippen molar-refractivity contribution in [1.29, 1.82) is 0 Å². The van der Waals surface area contributed by atoms with Crippen LogP contribution in [0, 0.1) is 10.1 Å². The molecule has 0 N–H and O–H groups in total. The highest BCUT2D eigenvalue weighted by atomic mass is 16.6. The van der Waals surface area contributed by atoms with E-state index in [1.807, 2.05) is 0 Å². The second kappa shape index (κ2) is 6.27. The Balaban J connectivity index is 2.24. The fourth-order valence-electron chi connectivity index (χ4n) is 3.15. The number of fused-ring (bicyclic) bond motifs is 1. The zero-order valence-electron chi connectivity index (χ0n) is 14.8. The summed E-state index contributed by atoms with van der Waals surface area (Å²) in [5.74, 6) is -1.28. The van der Waals surface area contributed by atoms with Crippen LogP contribution in [0.3, 0.4) is 0 Å². The van der Waals surface area contributed by atoms with Gasteiger partial charge < -0.3 is 19.1 Å². The normalized spacial score (nSPS) is 20.4. The predicted octanol–water partition coefficient (Wildman–Crippen LogP) is 1.80. The number of nitro benzene ring substituents is 1. The lowest BCUT2D eigenvalue weighted by Gasteiger charge is -2.35. The van der Waals surface area contributed by atoms with Gasteiger partial charge in [-0.05, 0) is 12.1 Å². The maximum Gasteiger partial charge on any atom is 0.355 e. The number of hydrogen-bond acceptors (Lipinski definition) is 8. The number of carbonyl (C=O) groups excluding carboxylic acids is 2. The fraction of sp³-hybridized carbons (Fsp3) is 0.222. The van der Waals surface area contributed by atoms with Gasteiger partial charge in [-0.1, -0.05) is 6.58 Å². The van der Waals surface area contributed by atoms with Gasteiger partial charge in [-0.2, -0.15) is 0 Å². The summed E-state index contributed by atoms with van der Waals surface area (Å²) in [6, 6.07) is 4.02. The van der Waals surface area contributed by atoms with Crippen molar-refractivity contribution in [3.63, 3.8) is 0 Å². The second-order valence-corrected chi connectivity index (χ2v) is 5.89. The Morgan fingerprint density at radius 2 is 1.93 bits per heavy atom. The van der Waals surface area contributed by atoms with Crippen molar-refractivity contribution in [3.05, 3.63) is 64.0 Å². The average Bonchev–Trinajstić information content (AvgIpc) is 2.94. The Bertz CT molecular complexity index is 947. The van der Waals surface area contributed by atoms with Crippen molar-refractivity contribution in [2.75, 3.05) is 21.3 Å². The number of esters is 2. The summed E-state index contributed by atoms with van der Waals surface area (Å²) in [6.07, 6.45) is 3.07. The minimum atomic E-state index is -1.54. The largest absolute Gasteiger partial charge is 0.473 e. The molecule has 2 heterocycles. The third-order valence-corrected chi connectivity index (χ3v) is 4.48. The van der Waals surface area contributed by atoms with E-state index in [1.54, 1.807) is 13.1 Å². The maximum absolute atomic E-state index is 12.6. The summed E-state index contributed by atoms with van der Waals surface area (Å²) < 4.78 is 15.6. The Kier molecular flexibility index (Phi) is 4.22. The van der Waals surface area contributed by atoms with Crippen molar-refractivity contribution in [2.24, 2.45) is 0 Å². The minimum absolute atomic E-state index is 0.0738. The van der Waals surface area contributed by atoms with E-state index >= 15 is 0 Å². The SMILES string of the molecule is C=C1c2cc([N+](=O)[O-])ccc2OC12C=CN(C)C(C(=O)OC)=C2C(=O)OC. The molecule has 0 aliphatic carbocycles. The van der Waals surface area contributed by atoms with E-state index in [-0.39, 0.29) is 22.5 Å². The summed E-state index contributed by atoms with van der Waals surface area (Å²) in [5, 5.41) is 11.1. The number of methoxy groups -OCH3 is 2. The summed E-state index contributed by atoms with van der Waals surface area (Å²) in [7, 11) is 3.92. The van der Waals surface area contributed by atoms with Crippen LogP contribution in [0.25, 0.3) is 5.57 Å². The van der Waals surface area contributed by atoms with E-state index in [2.05, 4.69) is 6.58 Å². The van der Waals surface area contributed by atoms with Gasteiger partial charge in [0.05, 0.1) is 19.1 Å². The monoisotopic (exact) mass is 372 g/mol. The highest BCUT2D eigenvalue weighted by Gasteiger charge is 2.52. The molecule has 1 spiro atoms. The lowest BCUT2D eigenvalue weighted by Crippen LogP contribution is -2.44. The summed E-state index contributed by atoms with van der Waals surface area (Å²) >= 11 is 0. The quantitative estimate of drug-likeness (QED) is 0.449.